The van der Waals surface area contributed by atoms with E-state index >= 15 is 0 Å². The molecule has 0 aromatic carbocycles. The first-order chi connectivity index (χ1) is 5.57. The minimum absolute atomic E-state index is 0.714. The van der Waals surface area contributed by atoms with Gasteiger partial charge in [-0.25, -0.2) is 0 Å². The third-order valence-electron chi connectivity index (χ3n) is 3.74. The summed E-state index contributed by atoms with van der Waals surface area (Å²) in [5.41, 5.74) is 1.35. The average molecular weight is 166 g/mol. The molecular weight excluding hydrogens is 144 g/mol. The van der Waals surface area contributed by atoms with Crippen LogP contribution in [0.25, 0.3) is 0 Å². The fraction of sp³-hybridized carbons (Fsp3) is 0.833. The van der Waals surface area contributed by atoms with E-state index in [4.69, 9.17) is 0 Å². The molecule has 12 heavy (non-hydrogen) atoms. The van der Waals surface area contributed by atoms with E-state index in [-0.39, 0.29) is 0 Å². The lowest BCUT2D eigenvalue weighted by Crippen LogP contribution is -2.11. The molecule has 1 saturated carbocycles. The molecule has 1 fully saturated rings. The van der Waals surface area contributed by atoms with Crippen LogP contribution in [0.15, 0.2) is 12.2 Å². The van der Waals surface area contributed by atoms with Crippen LogP contribution in [0.1, 0.15) is 40.5 Å². The summed E-state index contributed by atoms with van der Waals surface area (Å²) in [5, 5.41) is 0. The van der Waals surface area contributed by atoms with Crippen LogP contribution in [0.5, 0.6) is 0 Å². The molecule has 1 aliphatic rings. The lowest BCUT2D eigenvalue weighted by atomic mass is 9.86. The van der Waals surface area contributed by atoms with Crippen molar-refractivity contribution in [3.63, 3.8) is 0 Å². The summed E-state index contributed by atoms with van der Waals surface area (Å²) < 4.78 is 0. The third kappa shape index (κ3) is 1.91. The standard InChI is InChI=1S/C12H22/c1-6-11-7-12(11)10(5)9(4)8(2)3/h9-12H,2,6-7H2,1,3-5H3. The highest BCUT2D eigenvalue weighted by molar-refractivity contribution is 5.01. The summed E-state index contributed by atoms with van der Waals surface area (Å²) in [6.07, 6.45) is 2.84. The maximum Gasteiger partial charge on any atom is -0.0209 e. The van der Waals surface area contributed by atoms with Crippen molar-refractivity contribution in [1.29, 1.82) is 0 Å². The molecule has 0 heteroatoms. The summed E-state index contributed by atoms with van der Waals surface area (Å²) in [4.78, 5) is 0. The molecule has 0 heterocycles. The van der Waals surface area contributed by atoms with Crippen molar-refractivity contribution in [3.8, 4) is 0 Å². The van der Waals surface area contributed by atoms with E-state index in [1.165, 1.54) is 18.4 Å². The highest BCUT2D eigenvalue weighted by Crippen LogP contribution is 2.49. The van der Waals surface area contributed by atoms with Crippen LogP contribution in [0.2, 0.25) is 0 Å². The Balaban J connectivity index is 2.39. The van der Waals surface area contributed by atoms with E-state index in [2.05, 4.69) is 34.3 Å². The minimum atomic E-state index is 0.714. The van der Waals surface area contributed by atoms with E-state index in [9.17, 15) is 0 Å². The Labute approximate surface area is 77.1 Å². The highest BCUT2D eigenvalue weighted by atomic mass is 14.5. The van der Waals surface area contributed by atoms with E-state index < -0.39 is 0 Å². The second kappa shape index (κ2) is 3.64. The molecule has 0 saturated heterocycles. The minimum Gasteiger partial charge on any atom is -0.0999 e. The van der Waals surface area contributed by atoms with Crippen molar-refractivity contribution in [2.45, 2.75) is 40.5 Å². The van der Waals surface area contributed by atoms with E-state index in [1.54, 1.807) is 0 Å². The fourth-order valence-corrected chi connectivity index (χ4v) is 2.20. The molecule has 0 aromatic rings. The normalized spacial score (nSPS) is 32.7. The summed E-state index contributed by atoms with van der Waals surface area (Å²) >= 11 is 0. The van der Waals surface area contributed by atoms with Gasteiger partial charge in [-0.2, -0.15) is 0 Å². The van der Waals surface area contributed by atoms with Crippen LogP contribution in [-0.2, 0) is 0 Å². The average Bonchev–Trinajstić information content (AvgIpc) is 2.80. The van der Waals surface area contributed by atoms with Crippen LogP contribution in [0.4, 0.5) is 0 Å². The van der Waals surface area contributed by atoms with E-state index in [0.29, 0.717) is 5.92 Å². The van der Waals surface area contributed by atoms with Gasteiger partial charge in [0, 0.05) is 0 Å². The molecule has 0 N–H and O–H groups in total. The van der Waals surface area contributed by atoms with Crippen LogP contribution in [-0.4, -0.2) is 0 Å². The van der Waals surface area contributed by atoms with Crippen molar-refractivity contribution in [3.05, 3.63) is 12.2 Å². The Morgan fingerprint density at radius 1 is 1.50 bits per heavy atom. The molecule has 4 atom stereocenters. The van der Waals surface area contributed by atoms with Crippen molar-refractivity contribution < 1.29 is 0 Å². The summed E-state index contributed by atoms with van der Waals surface area (Å²) in [7, 11) is 0. The van der Waals surface area contributed by atoms with Crippen molar-refractivity contribution in [2.24, 2.45) is 23.7 Å². The van der Waals surface area contributed by atoms with Gasteiger partial charge in [0.1, 0.15) is 0 Å². The predicted molar refractivity (Wildman–Crippen MR) is 55.0 cm³/mol. The van der Waals surface area contributed by atoms with E-state index in [1.807, 2.05) is 0 Å². The maximum absolute atomic E-state index is 4.04. The summed E-state index contributed by atoms with van der Waals surface area (Å²) in [6.45, 7) is 13.2. The Hall–Kier alpha value is -0.260. The van der Waals surface area contributed by atoms with Crippen molar-refractivity contribution in [2.75, 3.05) is 0 Å². The zero-order valence-corrected chi connectivity index (χ0v) is 8.93. The number of allylic oxidation sites excluding steroid dienone is 1. The Morgan fingerprint density at radius 2 is 2.08 bits per heavy atom. The molecule has 0 spiro atoms. The van der Waals surface area contributed by atoms with Gasteiger partial charge in [0.05, 0.1) is 0 Å². The highest BCUT2D eigenvalue weighted by Gasteiger charge is 2.40. The largest absolute Gasteiger partial charge is 0.0999 e. The van der Waals surface area contributed by atoms with Gasteiger partial charge in [-0.3, -0.25) is 0 Å². The van der Waals surface area contributed by atoms with Crippen LogP contribution in [0.3, 0.4) is 0 Å². The van der Waals surface area contributed by atoms with Gasteiger partial charge in [0.2, 0.25) is 0 Å². The number of rotatable bonds is 4. The van der Waals surface area contributed by atoms with Gasteiger partial charge >= 0.3 is 0 Å². The van der Waals surface area contributed by atoms with Gasteiger partial charge in [-0.15, -0.1) is 0 Å². The lowest BCUT2D eigenvalue weighted by Gasteiger charge is -2.20. The van der Waals surface area contributed by atoms with Crippen LogP contribution in [0, 0.1) is 23.7 Å². The summed E-state index contributed by atoms with van der Waals surface area (Å²) in [5.74, 6) is 3.60. The van der Waals surface area contributed by atoms with Gasteiger partial charge < -0.3 is 0 Å². The summed E-state index contributed by atoms with van der Waals surface area (Å²) in [6, 6.07) is 0. The second-order valence-electron chi connectivity index (χ2n) is 4.56. The topological polar surface area (TPSA) is 0 Å². The molecule has 0 aromatic heterocycles. The van der Waals surface area contributed by atoms with Crippen LogP contribution < -0.4 is 0 Å². The monoisotopic (exact) mass is 166 g/mol. The number of hydrogen-bond acceptors (Lipinski definition) is 0. The van der Waals surface area contributed by atoms with Gasteiger partial charge in [0.15, 0.2) is 0 Å². The van der Waals surface area contributed by atoms with Gasteiger partial charge in [-0.1, -0.05) is 39.3 Å². The molecule has 1 aliphatic carbocycles. The molecular formula is C12H22. The first-order valence-corrected chi connectivity index (χ1v) is 5.23. The zero-order chi connectivity index (χ0) is 9.30. The maximum atomic E-state index is 4.04. The first-order valence-electron chi connectivity index (χ1n) is 5.23. The molecule has 1 rings (SSSR count). The Bertz CT molecular complexity index is 169. The quantitative estimate of drug-likeness (QED) is 0.556. The second-order valence-corrected chi connectivity index (χ2v) is 4.56. The molecule has 70 valence electrons. The number of hydrogen-bond donors (Lipinski definition) is 0. The molecule has 0 bridgehead atoms. The lowest BCUT2D eigenvalue weighted by molar-refractivity contribution is 0.370. The molecule has 0 aliphatic heterocycles. The fourth-order valence-electron chi connectivity index (χ4n) is 2.20. The smallest absolute Gasteiger partial charge is 0.0209 e. The Morgan fingerprint density at radius 3 is 2.42 bits per heavy atom. The SMILES string of the molecule is C=C(C)C(C)C(C)C1CC1CC. The van der Waals surface area contributed by atoms with E-state index in [0.717, 1.165) is 17.8 Å². The van der Waals surface area contributed by atoms with Crippen molar-refractivity contribution >= 4 is 0 Å². The third-order valence-corrected chi connectivity index (χ3v) is 3.74. The molecule has 0 amide bonds. The van der Waals surface area contributed by atoms with Crippen LogP contribution >= 0.6 is 0 Å². The molecule has 0 radical (unpaired) electrons. The molecule has 4 unspecified atom stereocenters. The Kier molecular flexibility index (Phi) is 2.98. The zero-order valence-electron chi connectivity index (χ0n) is 8.93. The van der Waals surface area contributed by atoms with Gasteiger partial charge in [0.25, 0.3) is 0 Å². The predicted octanol–water partition coefficient (Wildman–Crippen LogP) is 3.88. The molecule has 0 nitrogen and oxygen atoms in total. The first kappa shape index (κ1) is 9.83. The van der Waals surface area contributed by atoms with Crippen molar-refractivity contribution in [1.82, 2.24) is 0 Å². The van der Waals surface area contributed by atoms with Gasteiger partial charge in [-0.05, 0) is 37.0 Å².